The van der Waals surface area contributed by atoms with Crippen molar-refractivity contribution >= 4 is 5.97 Å². The molecule has 0 radical (unpaired) electrons. The monoisotopic (exact) mass is 287 g/mol. The fourth-order valence-corrected chi connectivity index (χ4v) is 4.36. The molecule has 21 heavy (non-hydrogen) atoms. The average molecular weight is 287 g/mol. The van der Waals surface area contributed by atoms with Gasteiger partial charge in [0, 0.05) is 12.6 Å². The first-order valence-corrected chi connectivity index (χ1v) is 8.25. The number of carboxylic acids is 1. The Morgan fingerprint density at radius 2 is 1.90 bits per heavy atom. The molecule has 3 rings (SSSR count). The smallest absolute Gasteiger partial charge is 0.335 e. The van der Waals surface area contributed by atoms with Crippen LogP contribution in [0.15, 0.2) is 24.3 Å². The third kappa shape index (κ3) is 3.13. The zero-order chi connectivity index (χ0) is 14.7. The van der Waals surface area contributed by atoms with Gasteiger partial charge in [0.05, 0.1) is 5.56 Å². The molecule has 2 saturated carbocycles. The molecule has 0 saturated heterocycles. The number of rotatable bonds is 4. The third-order valence-electron chi connectivity index (χ3n) is 5.48. The zero-order valence-corrected chi connectivity index (χ0v) is 12.6. The van der Waals surface area contributed by atoms with Gasteiger partial charge in [-0.3, -0.25) is 0 Å². The molecule has 2 fully saturated rings. The molecule has 3 heteroatoms. The van der Waals surface area contributed by atoms with Gasteiger partial charge in [-0.2, -0.15) is 0 Å². The van der Waals surface area contributed by atoms with Crippen molar-refractivity contribution in [1.29, 1.82) is 0 Å². The van der Waals surface area contributed by atoms with Crippen LogP contribution in [0.5, 0.6) is 0 Å². The molecule has 2 N–H and O–H groups in total. The van der Waals surface area contributed by atoms with E-state index in [1.807, 2.05) is 12.1 Å². The summed E-state index contributed by atoms with van der Waals surface area (Å²) in [5.41, 5.74) is 1.99. The van der Waals surface area contributed by atoms with E-state index >= 15 is 0 Å². The van der Waals surface area contributed by atoms with Crippen LogP contribution >= 0.6 is 0 Å². The summed E-state index contributed by atoms with van der Waals surface area (Å²) >= 11 is 0. The van der Waals surface area contributed by atoms with Gasteiger partial charge >= 0.3 is 5.97 Å². The average Bonchev–Trinajstić information content (AvgIpc) is 2.96. The number of carboxylic acid groups (broad SMARTS) is 1. The Morgan fingerprint density at radius 3 is 2.62 bits per heavy atom. The molecule has 114 valence electrons. The zero-order valence-electron chi connectivity index (χ0n) is 12.6. The van der Waals surface area contributed by atoms with Crippen LogP contribution in [-0.4, -0.2) is 17.1 Å². The molecule has 0 heterocycles. The molecule has 2 aliphatic carbocycles. The normalized spacial score (nSPS) is 24.3. The fraction of sp³-hybridized carbons (Fsp3) is 0.611. The standard InChI is InChI=1S/C18H25NO2/c20-17(21)15-7-5-6-14(12-15)13-19-16-8-1-2-9-18(16)10-3-4-11-18/h5-7,12,16,19H,1-4,8-11,13H2,(H,20,21). The van der Waals surface area contributed by atoms with Crippen molar-refractivity contribution in [3.05, 3.63) is 35.4 Å². The fourth-order valence-electron chi connectivity index (χ4n) is 4.36. The summed E-state index contributed by atoms with van der Waals surface area (Å²) in [7, 11) is 0. The quantitative estimate of drug-likeness (QED) is 0.880. The molecule has 1 unspecified atom stereocenters. The molecule has 0 amide bonds. The highest BCUT2D eigenvalue weighted by Crippen LogP contribution is 2.49. The van der Waals surface area contributed by atoms with Crippen molar-refractivity contribution in [2.24, 2.45) is 5.41 Å². The molecule has 1 atom stereocenters. The highest BCUT2D eigenvalue weighted by atomic mass is 16.4. The second-order valence-electron chi connectivity index (χ2n) is 6.75. The number of hydrogen-bond acceptors (Lipinski definition) is 2. The summed E-state index contributed by atoms with van der Waals surface area (Å²) in [5, 5.41) is 12.8. The Hall–Kier alpha value is -1.35. The first-order valence-electron chi connectivity index (χ1n) is 8.25. The summed E-state index contributed by atoms with van der Waals surface area (Å²) in [4.78, 5) is 11.0. The molecular formula is C18H25NO2. The lowest BCUT2D eigenvalue weighted by Gasteiger charge is -2.42. The predicted octanol–water partition coefficient (Wildman–Crippen LogP) is 3.98. The van der Waals surface area contributed by atoms with Gasteiger partial charge < -0.3 is 10.4 Å². The van der Waals surface area contributed by atoms with Gasteiger partial charge in [0.2, 0.25) is 0 Å². The molecule has 1 spiro atoms. The van der Waals surface area contributed by atoms with E-state index in [0.717, 1.165) is 12.1 Å². The van der Waals surface area contributed by atoms with E-state index in [1.165, 1.54) is 51.4 Å². The number of hydrogen-bond donors (Lipinski definition) is 2. The van der Waals surface area contributed by atoms with Crippen LogP contribution in [0.3, 0.4) is 0 Å². The summed E-state index contributed by atoms with van der Waals surface area (Å²) in [6, 6.07) is 7.92. The van der Waals surface area contributed by atoms with Crippen molar-refractivity contribution in [3.63, 3.8) is 0 Å². The molecular weight excluding hydrogens is 262 g/mol. The van der Waals surface area contributed by atoms with Crippen molar-refractivity contribution < 1.29 is 9.90 Å². The van der Waals surface area contributed by atoms with Crippen molar-refractivity contribution in [2.45, 2.75) is 64.0 Å². The lowest BCUT2D eigenvalue weighted by Crippen LogP contribution is -2.45. The van der Waals surface area contributed by atoms with E-state index in [2.05, 4.69) is 5.32 Å². The molecule has 2 aliphatic rings. The number of benzene rings is 1. The highest BCUT2D eigenvalue weighted by molar-refractivity contribution is 5.87. The number of aromatic carboxylic acids is 1. The molecule has 0 bridgehead atoms. The molecule has 1 aromatic carbocycles. The van der Waals surface area contributed by atoms with E-state index in [1.54, 1.807) is 12.1 Å². The summed E-state index contributed by atoms with van der Waals surface area (Å²) in [6.45, 7) is 0.785. The van der Waals surface area contributed by atoms with Gasteiger partial charge in [-0.25, -0.2) is 4.79 Å². The Labute approximate surface area is 126 Å². The van der Waals surface area contributed by atoms with Crippen LogP contribution in [0.4, 0.5) is 0 Å². The van der Waals surface area contributed by atoms with Gasteiger partial charge in [-0.15, -0.1) is 0 Å². The van der Waals surface area contributed by atoms with Crippen LogP contribution in [0, 0.1) is 5.41 Å². The molecule has 0 aliphatic heterocycles. The van der Waals surface area contributed by atoms with Crippen LogP contribution in [0.2, 0.25) is 0 Å². The maximum absolute atomic E-state index is 11.0. The number of nitrogens with one attached hydrogen (secondary N) is 1. The number of carbonyl (C=O) groups is 1. The van der Waals surface area contributed by atoms with E-state index < -0.39 is 5.97 Å². The van der Waals surface area contributed by atoms with Gasteiger partial charge in [-0.05, 0) is 48.8 Å². The Balaban J connectivity index is 1.66. The van der Waals surface area contributed by atoms with Gasteiger partial charge in [0.15, 0.2) is 0 Å². The largest absolute Gasteiger partial charge is 0.478 e. The Morgan fingerprint density at radius 1 is 1.19 bits per heavy atom. The van der Waals surface area contributed by atoms with Gasteiger partial charge in [0.1, 0.15) is 0 Å². The molecule has 3 nitrogen and oxygen atoms in total. The highest BCUT2D eigenvalue weighted by Gasteiger charge is 2.42. The summed E-state index contributed by atoms with van der Waals surface area (Å²) < 4.78 is 0. The van der Waals surface area contributed by atoms with Crippen molar-refractivity contribution in [3.8, 4) is 0 Å². The van der Waals surface area contributed by atoms with Gasteiger partial charge in [0.25, 0.3) is 0 Å². The Kier molecular flexibility index (Phi) is 4.29. The predicted molar refractivity (Wildman–Crippen MR) is 83.4 cm³/mol. The van der Waals surface area contributed by atoms with E-state index in [9.17, 15) is 4.79 Å². The van der Waals surface area contributed by atoms with E-state index in [-0.39, 0.29) is 0 Å². The summed E-state index contributed by atoms with van der Waals surface area (Å²) in [6.07, 6.45) is 10.9. The lowest BCUT2D eigenvalue weighted by molar-refractivity contribution is 0.0696. The Bertz CT molecular complexity index is 506. The third-order valence-corrected chi connectivity index (χ3v) is 5.48. The van der Waals surface area contributed by atoms with E-state index in [0.29, 0.717) is 17.0 Å². The van der Waals surface area contributed by atoms with Crippen LogP contribution < -0.4 is 5.32 Å². The van der Waals surface area contributed by atoms with Crippen molar-refractivity contribution in [1.82, 2.24) is 5.32 Å². The first-order chi connectivity index (χ1) is 10.2. The van der Waals surface area contributed by atoms with E-state index in [4.69, 9.17) is 5.11 Å². The maximum Gasteiger partial charge on any atom is 0.335 e. The molecule has 0 aromatic heterocycles. The lowest BCUT2D eigenvalue weighted by atomic mass is 9.69. The first kappa shape index (κ1) is 14.6. The minimum absolute atomic E-state index is 0.383. The van der Waals surface area contributed by atoms with Crippen molar-refractivity contribution in [2.75, 3.05) is 0 Å². The maximum atomic E-state index is 11.0. The minimum Gasteiger partial charge on any atom is -0.478 e. The van der Waals surface area contributed by atoms with Crippen LogP contribution in [0.1, 0.15) is 67.3 Å². The second kappa shape index (κ2) is 6.18. The van der Waals surface area contributed by atoms with Crippen LogP contribution in [0.25, 0.3) is 0 Å². The minimum atomic E-state index is -0.846. The van der Waals surface area contributed by atoms with Gasteiger partial charge in [-0.1, -0.05) is 37.8 Å². The SMILES string of the molecule is O=C(O)c1cccc(CNC2CCCCC23CCCC3)c1. The second-order valence-corrected chi connectivity index (χ2v) is 6.75. The van der Waals surface area contributed by atoms with Crippen LogP contribution in [-0.2, 0) is 6.54 Å². The molecule has 1 aromatic rings. The topological polar surface area (TPSA) is 49.3 Å². The summed E-state index contributed by atoms with van der Waals surface area (Å²) in [5.74, 6) is -0.846.